The van der Waals surface area contributed by atoms with E-state index in [-0.39, 0.29) is 32.3 Å². The zero-order valence-electron chi connectivity index (χ0n) is 31.0. The van der Waals surface area contributed by atoms with E-state index < -0.39 is 67.6 Å². The number of hydrogen-bond donors (Lipinski definition) is 2. The Kier molecular flexibility index (Phi) is 13.7. The van der Waals surface area contributed by atoms with Gasteiger partial charge >= 0.3 is 0 Å². The third-order valence-corrected chi connectivity index (χ3v) is 9.89. The number of fused-ring (bicyclic) bond motifs is 1. The Morgan fingerprint density at radius 2 is 1.27 bits per heavy atom. The van der Waals surface area contributed by atoms with Crippen molar-refractivity contribution in [2.75, 3.05) is 20.3 Å². The van der Waals surface area contributed by atoms with Crippen LogP contribution in [0.1, 0.15) is 35.5 Å². The fraction of sp³-hybridized carbons (Fsp3) is 0.419. The summed E-state index contributed by atoms with van der Waals surface area (Å²) in [5.41, 5.74) is 3.73. The van der Waals surface area contributed by atoms with Crippen LogP contribution in [0.4, 0.5) is 0 Å². The highest BCUT2D eigenvalue weighted by Gasteiger charge is 2.55. The van der Waals surface area contributed by atoms with Gasteiger partial charge in [0.1, 0.15) is 48.8 Å². The topological polar surface area (TPSA) is 132 Å². The highest BCUT2D eigenvalue weighted by Crippen LogP contribution is 2.39. The Labute approximate surface area is 321 Å². The van der Waals surface area contributed by atoms with Crippen LogP contribution in [-0.4, -0.2) is 92.7 Å². The number of aliphatic hydroxyl groups is 1. The van der Waals surface area contributed by atoms with E-state index in [1.54, 1.807) is 0 Å². The first-order valence-electron chi connectivity index (χ1n) is 18.7. The summed E-state index contributed by atoms with van der Waals surface area (Å²) in [6.45, 7) is 2.35. The van der Waals surface area contributed by atoms with Gasteiger partial charge in [-0.15, -0.1) is 0 Å². The van der Waals surface area contributed by atoms with Gasteiger partial charge in [-0.2, -0.15) is 0 Å². The molecule has 1 unspecified atom stereocenters. The number of ether oxygens (including phenoxy) is 9. The van der Waals surface area contributed by atoms with Crippen molar-refractivity contribution >= 4 is 5.91 Å². The van der Waals surface area contributed by atoms with Gasteiger partial charge in [-0.25, -0.2) is 0 Å². The number of aliphatic hydroxyl groups excluding tert-OH is 1. The number of carbonyl (C=O) groups is 1. The molecule has 292 valence electrons. The van der Waals surface area contributed by atoms with E-state index in [4.69, 9.17) is 42.6 Å². The number of hydrogen-bond acceptors (Lipinski definition) is 11. The molecular formula is C43H49NO11. The second-order valence-corrected chi connectivity index (χ2v) is 13.8. The second-order valence-electron chi connectivity index (χ2n) is 13.8. The van der Waals surface area contributed by atoms with Crippen LogP contribution in [0.2, 0.25) is 0 Å². The predicted octanol–water partition coefficient (Wildman–Crippen LogP) is 4.84. The zero-order chi connectivity index (χ0) is 38.0. The maximum Gasteiger partial charge on any atom is 0.217 e. The molecule has 0 bridgehead atoms. The molecule has 12 nitrogen and oxygen atoms in total. The van der Waals surface area contributed by atoms with Crippen molar-refractivity contribution in [3.63, 3.8) is 0 Å². The lowest BCUT2D eigenvalue weighted by Gasteiger charge is -2.51. The predicted molar refractivity (Wildman–Crippen MR) is 199 cm³/mol. The molecule has 7 rings (SSSR count). The molecule has 3 aliphatic heterocycles. The maximum atomic E-state index is 12.3. The van der Waals surface area contributed by atoms with Crippen molar-refractivity contribution in [3.05, 3.63) is 144 Å². The second kappa shape index (κ2) is 19.2. The highest BCUT2D eigenvalue weighted by molar-refractivity contribution is 5.73. The molecule has 3 fully saturated rings. The Morgan fingerprint density at radius 3 is 1.85 bits per heavy atom. The lowest BCUT2D eigenvalue weighted by Crippen LogP contribution is -2.68. The van der Waals surface area contributed by atoms with E-state index >= 15 is 0 Å². The van der Waals surface area contributed by atoms with E-state index in [2.05, 4.69) is 5.32 Å². The van der Waals surface area contributed by atoms with Crippen LogP contribution in [0.25, 0.3) is 0 Å². The van der Waals surface area contributed by atoms with Gasteiger partial charge in [0.2, 0.25) is 5.91 Å². The van der Waals surface area contributed by atoms with Crippen molar-refractivity contribution in [3.8, 4) is 0 Å². The molecule has 0 aliphatic carbocycles. The van der Waals surface area contributed by atoms with Crippen LogP contribution < -0.4 is 5.32 Å². The summed E-state index contributed by atoms with van der Waals surface area (Å²) in [5, 5.41) is 14.7. The molecule has 11 atom stereocenters. The number of methoxy groups -OCH3 is 1. The van der Waals surface area contributed by atoms with Crippen LogP contribution in [0.15, 0.2) is 121 Å². The van der Waals surface area contributed by atoms with E-state index in [1.807, 2.05) is 121 Å². The summed E-state index contributed by atoms with van der Waals surface area (Å²) >= 11 is 0. The minimum absolute atomic E-state index is 0.0382. The zero-order valence-corrected chi connectivity index (χ0v) is 31.0. The lowest BCUT2D eigenvalue weighted by atomic mass is 9.94. The maximum absolute atomic E-state index is 12.3. The monoisotopic (exact) mass is 755 g/mol. The quantitative estimate of drug-likeness (QED) is 0.173. The molecule has 3 heterocycles. The average molecular weight is 756 g/mol. The van der Waals surface area contributed by atoms with Crippen LogP contribution in [0.3, 0.4) is 0 Å². The van der Waals surface area contributed by atoms with E-state index in [0.717, 1.165) is 22.3 Å². The Hall–Kier alpha value is -4.05. The van der Waals surface area contributed by atoms with Gasteiger partial charge in [-0.05, 0) is 16.7 Å². The van der Waals surface area contributed by atoms with Crippen molar-refractivity contribution in [1.29, 1.82) is 0 Å². The van der Waals surface area contributed by atoms with E-state index in [0.29, 0.717) is 6.61 Å². The molecular weight excluding hydrogens is 706 g/mol. The molecule has 55 heavy (non-hydrogen) atoms. The van der Waals surface area contributed by atoms with Gasteiger partial charge in [-0.1, -0.05) is 121 Å². The molecule has 0 spiro atoms. The van der Waals surface area contributed by atoms with Crippen molar-refractivity contribution in [2.45, 2.75) is 94.4 Å². The van der Waals surface area contributed by atoms with Crippen molar-refractivity contribution in [2.24, 2.45) is 0 Å². The third-order valence-electron chi connectivity index (χ3n) is 9.89. The number of nitrogens with one attached hydrogen (secondary N) is 1. The summed E-state index contributed by atoms with van der Waals surface area (Å²) in [7, 11) is 1.45. The van der Waals surface area contributed by atoms with Gasteiger partial charge in [-0.3, -0.25) is 4.79 Å². The molecule has 4 aromatic carbocycles. The Bertz CT molecular complexity index is 1740. The van der Waals surface area contributed by atoms with Crippen LogP contribution in [0.5, 0.6) is 0 Å². The SMILES string of the molecule is CO[C@H]1O[C@H](COCc2ccccc2)[C@@H](O[C@H]2O[C@@H]3COC(c4ccccc4)O[C@H]3[C@H](OCc3ccccc3)[C@H]2OCc2ccccc2)[C@H](O)[C@H]1NC(C)=O. The summed E-state index contributed by atoms with van der Waals surface area (Å²) in [6, 6.07) is 38.1. The van der Waals surface area contributed by atoms with Gasteiger partial charge in [0, 0.05) is 19.6 Å². The number of amides is 1. The highest BCUT2D eigenvalue weighted by atomic mass is 16.8. The largest absolute Gasteiger partial charge is 0.388 e. The lowest BCUT2D eigenvalue weighted by molar-refractivity contribution is -0.390. The standard InChI is InChI=1S/C43H49NO11/c1-28(45)44-35-36(46)37(33(52-42(35)47-2)26-48-23-29-15-7-3-8-16-29)54-43-40(50-25-31-19-11-5-12-20-31)39(49-24-30-17-9-4-10-18-30)38-34(53-43)27-51-41(55-38)32-21-13-6-14-22-32/h3-22,33-43,46H,23-27H2,1-2H3,(H,44,45)/t33-,34-,35-,36-,37-,38-,39+,40-,41?,42+,43-/m1/s1. The number of benzene rings is 4. The van der Waals surface area contributed by atoms with E-state index in [9.17, 15) is 9.90 Å². The van der Waals surface area contributed by atoms with Crippen LogP contribution in [-0.2, 0) is 67.2 Å². The van der Waals surface area contributed by atoms with Crippen molar-refractivity contribution < 1.29 is 52.5 Å². The van der Waals surface area contributed by atoms with Gasteiger partial charge < -0.3 is 53.1 Å². The average Bonchev–Trinajstić information content (AvgIpc) is 3.22. The Morgan fingerprint density at radius 1 is 0.709 bits per heavy atom. The first kappa shape index (κ1) is 39.2. The molecule has 0 saturated carbocycles. The number of carbonyl (C=O) groups excluding carboxylic acids is 1. The summed E-state index contributed by atoms with van der Waals surface area (Å²) in [6.07, 6.45) is -8.78. The fourth-order valence-corrected chi connectivity index (χ4v) is 7.17. The van der Waals surface area contributed by atoms with Gasteiger partial charge in [0.25, 0.3) is 0 Å². The Balaban J connectivity index is 1.20. The molecule has 1 amide bonds. The summed E-state index contributed by atoms with van der Waals surface area (Å²) in [5.74, 6) is -0.369. The summed E-state index contributed by atoms with van der Waals surface area (Å²) in [4.78, 5) is 12.3. The molecule has 0 radical (unpaired) electrons. The van der Waals surface area contributed by atoms with Gasteiger partial charge in [0.15, 0.2) is 18.9 Å². The van der Waals surface area contributed by atoms with Crippen LogP contribution in [0, 0.1) is 0 Å². The van der Waals surface area contributed by atoms with Crippen LogP contribution >= 0.6 is 0 Å². The number of rotatable bonds is 15. The first-order chi connectivity index (χ1) is 27.0. The minimum Gasteiger partial charge on any atom is -0.388 e. The molecule has 0 aromatic heterocycles. The minimum atomic E-state index is -1.30. The third kappa shape index (κ3) is 10.0. The fourth-order valence-electron chi connectivity index (χ4n) is 7.17. The molecule has 4 aromatic rings. The molecule has 12 heteroatoms. The normalized spacial score (nSPS) is 30.6. The van der Waals surface area contributed by atoms with E-state index in [1.165, 1.54) is 14.0 Å². The first-order valence-corrected chi connectivity index (χ1v) is 18.7. The molecule has 2 N–H and O–H groups in total. The van der Waals surface area contributed by atoms with Crippen molar-refractivity contribution in [1.82, 2.24) is 5.32 Å². The molecule has 3 aliphatic rings. The van der Waals surface area contributed by atoms with Gasteiger partial charge in [0.05, 0.1) is 33.0 Å². The molecule has 3 saturated heterocycles. The smallest absolute Gasteiger partial charge is 0.217 e. The summed E-state index contributed by atoms with van der Waals surface area (Å²) < 4.78 is 57.9.